The molecule has 1 aliphatic rings. The Morgan fingerprint density at radius 2 is 1.88 bits per heavy atom. The molecule has 5 nitrogen and oxygen atoms in total. The molecular formula is C21H24N2O3. The first kappa shape index (κ1) is 18.0. The number of hydrogen-bond acceptors (Lipinski definition) is 3. The van der Waals surface area contributed by atoms with Crippen LogP contribution in [0.2, 0.25) is 0 Å². The van der Waals surface area contributed by atoms with Gasteiger partial charge in [0.2, 0.25) is 5.91 Å². The number of anilines is 2. The van der Waals surface area contributed by atoms with Crippen molar-refractivity contribution < 1.29 is 14.3 Å². The van der Waals surface area contributed by atoms with Crippen LogP contribution in [-0.2, 0) is 21.4 Å². The van der Waals surface area contributed by atoms with Crippen molar-refractivity contribution in [2.75, 3.05) is 17.2 Å². The molecule has 2 aromatic rings. The van der Waals surface area contributed by atoms with Crippen LogP contribution in [0.15, 0.2) is 42.5 Å². The molecule has 0 bridgehead atoms. The molecule has 2 amide bonds. The van der Waals surface area contributed by atoms with E-state index in [-0.39, 0.29) is 23.8 Å². The van der Waals surface area contributed by atoms with Gasteiger partial charge in [-0.05, 0) is 35.1 Å². The van der Waals surface area contributed by atoms with E-state index < -0.39 is 0 Å². The van der Waals surface area contributed by atoms with E-state index in [1.165, 1.54) is 5.56 Å². The van der Waals surface area contributed by atoms with Gasteiger partial charge in [0.1, 0.15) is 5.75 Å². The largest absolute Gasteiger partial charge is 0.482 e. The third-order valence-corrected chi connectivity index (χ3v) is 4.36. The second-order valence-electron chi connectivity index (χ2n) is 7.54. The fraction of sp³-hybridized carbons (Fsp3) is 0.333. The zero-order valence-electron chi connectivity index (χ0n) is 15.4. The van der Waals surface area contributed by atoms with Gasteiger partial charge in [0.25, 0.3) is 5.91 Å². The molecule has 5 heteroatoms. The fourth-order valence-corrected chi connectivity index (χ4v) is 2.81. The van der Waals surface area contributed by atoms with Crippen molar-refractivity contribution in [3.63, 3.8) is 0 Å². The Labute approximate surface area is 153 Å². The van der Waals surface area contributed by atoms with Crippen molar-refractivity contribution in [2.24, 2.45) is 0 Å². The summed E-state index contributed by atoms with van der Waals surface area (Å²) in [5.74, 6) is 0.344. The first-order chi connectivity index (χ1) is 12.3. The lowest BCUT2D eigenvalue weighted by atomic mass is 9.86. The van der Waals surface area contributed by atoms with Gasteiger partial charge in [-0.3, -0.25) is 9.59 Å². The number of aryl methyl sites for hydroxylation is 1. The van der Waals surface area contributed by atoms with Crippen molar-refractivity contribution >= 4 is 23.2 Å². The molecule has 26 heavy (non-hydrogen) atoms. The third-order valence-electron chi connectivity index (χ3n) is 4.36. The Hall–Kier alpha value is -2.82. The zero-order valence-corrected chi connectivity index (χ0v) is 15.4. The number of nitrogens with one attached hydrogen (secondary N) is 2. The van der Waals surface area contributed by atoms with Gasteiger partial charge in [-0.1, -0.05) is 45.0 Å². The van der Waals surface area contributed by atoms with E-state index in [0.29, 0.717) is 30.0 Å². The Morgan fingerprint density at radius 3 is 2.58 bits per heavy atom. The minimum Gasteiger partial charge on any atom is -0.482 e. The van der Waals surface area contributed by atoms with Gasteiger partial charge >= 0.3 is 0 Å². The number of carbonyl (C=O) groups excluding carboxylic acids is 2. The lowest BCUT2D eigenvalue weighted by molar-refractivity contribution is -0.118. The monoisotopic (exact) mass is 352 g/mol. The molecule has 0 saturated heterocycles. The van der Waals surface area contributed by atoms with E-state index in [9.17, 15) is 9.59 Å². The molecule has 3 rings (SSSR count). The van der Waals surface area contributed by atoms with Gasteiger partial charge in [0.05, 0.1) is 5.69 Å². The van der Waals surface area contributed by atoms with Crippen LogP contribution >= 0.6 is 0 Å². The highest BCUT2D eigenvalue weighted by molar-refractivity contribution is 5.97. The van der Waals surface area contributed by atoms with Crippen LogP contribution in [0.1, 0.15) is 38.3 Å². The summed E-state index contributed by atoms with van der Waals surface area (Å²) in [6.45, 7) is 6.55. The summed E-state index contributed by atoms with van der Waals surface area (Å²) in [6.07, 6.45) is 1.09. The van der Waals surface area contributed by atoms with Crippen LogP contribution < -0.4 is 15.4 Å². The molecule has 2 N–H and O–H groups in total. The van der Waals surface area contributed by atoms with Crippen molar-refractivity contribution in [1.82, 2.24) is 0 Å². The lowest BCUT2D eigenvalue weighted by Crippen LogP contribution is -2.25. The van der Waals surface area contributed by atoms with E-state index in [4.69, 9.17) is 4.74 Å². The van der Waals surface area contributed by atoms with Crippen molar-refractivity contribution in [3.8, 4) is 5.75 Å². The molecule has 0 aliphatic carbocycles. The Kier molecular flexibility index (Phi) is 4.98. The van der Waals surface area contributed by atoms with Crippen LogP contribution in [0.25, 0.3) is 0 Å². The summed E-state index contributed by atoms with van der Waals surface area (Å²) in [5.41, 5.74) is 3.84. The van der Waals surface area contributed by atoms with Crippen molar-refractivity contribution in [1.29, 1.82) is 0 Å². The number of amides is 2. The first-order valence-corrected chi connectivity index (χ1v) is 8.77. The SMILES string of the molecule is CC(C)(C)c1ccc(CCC(=O)Nc2ccc3c(c2)OCC(=O)N3)cc1. The number of rotatable bonds is 4. The van der Waals surface area contributed by atoms with Crippen molar-refractivity contribution in [3.05, 3.63) is 53.6 Å². The molecule has 0 aromatic heterocycles. The van der Waals surface area contributed by atoms with Crippen LogP contribution in [0.3, 0.4) is 0 Å². The van der Waals surface area contributed by atoms with E-state index >= 15 is 0 Å². The predicted molar refractivity (Wildman–Crippen MR) is 103 cm³/mol. The Balaban J connectivity index is 1.55. The predicted octanol–water partition coefficient (Wildman–Crippen LogP) is 3.89. The summed E-state index contributed by atoms with van der Waals surface area (Å²) in [4.78, 5) is 23.5. The number of ether oxygens (including phenoxy) is 1. The smallest absolute Gasteiger partial charge is 0.262 e. The highest BCUT2D eigenvalue weighted by Crippen LogP contribution is 2.30. The maximum Gasteiger partial charge on any atom is 0.262 e. The quantitative estimate of drug-likeness (QED) is 0.877. The topological polar surface area (TPSA) is 67.4 Å². The van der Waals surface area contributed by atoms with E-state index in [0.717, 1.165) is 5.56 Å². The molecule has 1 aliphatic heterocycles. The summed E-state index contributed by atoms with van der Waals surface area (Å²) >= 11 is 0. The van der Waals surface area contributed by atoms with Gasteiger partial charge in [-0.15, -0.1) is 0 Å². The molecule has 0 atom stereocenters. The highest BCUT2D eigenvalue weighted by atomic mass is 16.5. The minimum absolute atomic E-state index is 0.00500. The van der Waals surface area contributed by atoms with Crippen LogP contribution in [0, 0.1) is 0 Å². The van der Waals surface area contributed by atoms with Gasteiger partial charge < -0.3 is 15.4 Å². The molecule has 0 spiro atoms. The number of carbonyl (C=O) groups is 2. The zero-order chi connectivity index (χ0) is 18.7. The average Bonchev–Trinajstić information content (AvgIpc) is 2.60. The molecular weight excluding hydrogens is 328 g/mol. The van der Waals surface area contributed by atoms with Gasteiger partial charge in [-0.2, -0.15) is 0 Å². The summed E-state index contributed by atoms with van der Waals surface area (Å²) in [5, 5.41) is 5.60. The molecule has 136 valence electrons. The maximum absolute atomic E-state index is 12.2. The van der Waals surface area contributed by atoms with E-state index in [1.54, 1.807) is 18.2 Å². The van der Waals surface area contributed by atoms with E-state index in [2.05, 4.69) is 55.7 Å². The Bertz CT molecular complexity index is 820. The second-order valence-corrected chi connectivity index (χ2v) is 7.54. The summed E-state index contributed by atoms with van der Waals surface area (Å²) in [7, 11) is 0. The minimum atomic E-state index is -0.174. The standard InChI is InChI=1S/C21H24N2O3/c1-21(2,3)15-7-4-14(5-8-15)6-11-19(24)22-16-9-10-17-18(12-16)26-13-20(25)23-17/h4-5,7-10,12H,6,11,13H2,1-3H3,(H,22,24)(H,23,25). The molecule has 0 radical (unpaired) electrons. The fourth-order valence-electron chi connectivity index (χ4n) is 2.81. The second kappa shape index (κ2) is 7.20. The van der Waals surface area contributed by atoms with Crippen LogP contribution in [0.5, 0.6) is 5.75 Å². The van der Waals surface area contributed by atoms with Crippen LogP contribution in [-0.4, -0.2) is 18.4 Å². The van der Waals surface area contributed by atoms with Crippen LogP contribution in [0.4, 0.5) is 11.4 Å². The average molecular weight is 352 g/mol. The Morgan fingerprint density at radius 1 is 1.15 bits per heavy atom. The molecule has 2 aromatic carbocycles. The molecule has 0 saturated carbocycles. The number of hydrogen-bond donors (Lipinski definition) is 2. The molecule has 1 heterocycles. The number of benzene rings is 2. The number of fused-ring (bicyclic) bond motifs is 1. The lowest BCUT2D eigenvalue weighted by Gasteiger charge is -2.19. The first-order valence-electron chi connectivity index (χ1n) is 8.77. The summed E-state index contributed by atoms with van der Waals surface area (Å²) < 4.78 is 5.36. The van der Waals surface area contributed by atoms with E-state index in [1.807, 2.05) is 0 Å². The third kappa shape index (κ3) is 4.42. The summed E-state index contributed by atoms with van der Waals surface area (Å²) in [6, 6.07) is 13.6. The maximum atomic E-state index is 12.2. The van der Waals surface area contributed by atoms with Crippen molar-refractivity contribution in [2.45, 2.75) is 39.0 Å². The molecule has 0 unspecified atom stereocenters. The van der Waals surface area contributed by atoms with Gasteiger partial charge in [0, 0.05) is 18.2 Å². The van der Waals surface area contributed by atoms with Gasteiger partial charge in [-0.25, -0.2) is 0 Å². The van der Waals surface area contributed by atoms with Gasteiger partial charge in [0.15, 0.2) is 6.61 Å². The normalized spacial score (nSPS) is 13.4. The highest BCUT2D eigenvalue weighted by Gasteiger charge is 2.16. The molecule has 0 fully saturated rings.